The average molecular weight is 929 g/mol. The standard InChI is InChI=1S/C61H100O6/c1-4-7-10-13-16-19-22-25-27-29-30-32-33-36-39-42-45-48-51-54-60(63)66-57-58(56-65-59(62)53-50-47-44-41-38-35-24-21-18-15-12-9-6-3)67-61(64)55-52-49-46-43-40-37-34-31-28-26-23-20-17-14-11-8-5-2/h8,11,14,16-17,19-20,22-23,25-26,28,31,34-35,37-38,40,58H,4-7,9-10,12-13,15,18,21,24,27,29-30,32-33,36,39,41-57H2,1-3H3/b11-8-,17-14-,19-16-,23-20-,25-22-,28-26-,34-31+,38-35-,40-37-. The van der Waals surface area contributed by atoms with Crippen LogP contribution in [0.3, 0.4) is 0 Å². The fraction of sp³-hybridized carbons (Fsp3) is 0.656. The van der Waals surface area contributed by atoms with Crippen molar-refractivity contribution in [2.75, 3.05) is 13.2 Å². The van der Waals surface area contributed by atoms with Crippen LogP contribution in [-0.2, 0) is 28.6 Å². The maximum absolute atomic E-state index is 12.8. The van der Waals surface area contributed by atoms with Crippen LogP contribution in [0.2, 0.25) is 0 Å². The number of ether oxygens (including phenoxy) is 3. The highest BCUT2D eigenvalue weighted by molar-refractivity contribution is 5.71. The van der Waals surface area contributed by atoms with E-state index in [0.29, 0.717) is 19.3 Å². The maximum Gasteiger partial charge on any atom is 0.306 e. The minimum Gasteiger partial charge on any atom is -0.462 e. The lowest BCUT2D eigenvalue weighted by Gasteiger charge is -2.18. The molecule has 0 aromatic rings. The summed E-state index contributed by atoms with van der Waals surface area (Å²) in [6.07, 6.45) is 73.5. The molecule has 0 rings (SSSR count). The van der Waals surface area contributed by atoms with Gasteiger partial charge in [-0.05, 0) is 89.9 Å². The van der Waals surface area contributed by atoms with E-state index in [9.17, 15) is 14.4 Å². The van der Waals surface area contributed by atoms with Crippen molar-refractivity contribution in [1.82, 2.24) is 0 Å². The Morgan fingerprint density at radius 3 is 1.01 bits per heavy atom. The van der Waals surface area contributed by atoms with E-state index in [0.717, 1.165) is 77.0 Å². The van der Waals surface area contributed by atoms with Crippen LogP contribution in [0.25, 0.3) is 0 Å². The molecule has 0 aromatic carbocycles. The predicted molar refractivity (Wildman–Crippen MR) is 288 cm³/mol. The van der Waals surface area contributed by atoms with E-state index >= 15 is 0 Å². The summed E-state index contributed by atoms with van der Waals surface area (Å²) in [7, 11) is 0. The normalized spacial score (nSPS) is 12.9. The SMILES string of the molecule is CC\C=C/C=C\C=C/C=C\C=C\C=C/CCCCCC(=O)OC(COC(=O)CCCCC/C=C\CCCCCCCC)COC(=O)CCCCCCCCCCCC/C=C\C=C/CCCCC. The largest absolute Gasteiger partial charge is 0.462 e. The minimum absolute atomic E-state index is 0.104. The fourth-order valence-electron chi connectivity index (χ4n) is 7.28. The first-order chi connectivity index (χ1) is 33.0. The van der Waals surface area contributed by atoms with E-state index < -0.39 is 6.10 Å². The van der Waals surface area contributed by atoms with Crippen LogP contribution in [0.5, 0.6) is 0 Å². The number of esters is 3. The third-order valence-corrected chi connectivity index (χ3v) is 11.4. The van der Waals surface area contributed by atoms with Gasteiger partial charge < -0.3 is 14.2 Å². The molecule has 6 heteroatoms. The van der Waals surface area contributed by atoms with Crippen molar-refractivity contribution in [1.29, 1.82) is 0 Å². The molecule has 0 saturated heterocycles. The van der Waals surface area contributed by atoms with Gasteiger partial charge in [-0.1, -0.05) is 239 Å². The molecule has 67 heavy (non-hydrogen) atoms. The molecule has 0 aromatic heterocycles. The van der Waals surface area contributed by atoms with Crippen molar-refractivity contribution in [3.8, 4) is 0 Å². The molecular weight excluding hydrogens is 829 g/mol. The van der Waals surface area contributed by atoms with Crippen molar-refractivity contribution in [3.63, 3.8) is 0 Å². The van der Waals surface area contributed by atoms with E-state index in [1.165, 1.54) is 116 Å². The van der Waals surface area contributed by atoms with Crippen LogP contribution in [-0.4, -0.2) is 37.2 Å². The second-order valence-corrected chi connectivity index (χ2v) is 17.9. The molecule has 1 unspecified atom stereocenters. The number of allylic oxidation sites excluding steroid dienone is 18. The van der Waals surface area contributed by atoms with Crippen LogP contribution in [0.4, 0.5) is 0 Å². The van der Waals surface area contributed by atoms with Crippen LogP contribution >= 0.6 is 0 Å². The number of rotatable bonds is 48. The first kappa shape index (κ1) is 63.1. The summed E-state index contributed by atoms with van der Waals surface area (Å²) in [6, 6.07) is 0. The van der Waals surface area contributed by atoms with Gasteiger partial charge in [0.2, 0.25) is 0 Å². The van der Waals surface area contributed by atoms with Crippen molar-refractivity contribution >= 4 is 17.9 Å². The van der Waals surface area contributed by atoms with Crippen molar-refractivity contribution in [2.45, 2.75) is 245 Å². The Labute approximate surface area is 412 Å². The molecule has 0 aliphatic carbocycles. The van der Waals surface area contributed by atoms with E-state index in [4.69, 9.17) is 14.2 Å². The maximum atomic E-state index is 12.8. The smallest absolute Gasteiger partial charge is 0.306 e. The molecule has 0 radical (unpaired) electrons. The zero-order valence-corrected chi connectivity index (χ0v) is 43.4. The van der Waals surface area contributed by atoms with Gasteiger partial charge in [-0.25, -0.2) is 0 Å². The van der Waals surface area contributed by atoms with Gasteiger partial charge in [0.1, 0.15) is 13.2 Å². The van der Waals surface area contributed by atoms with Crippen LogP contribution < -0.4 is 0 Å². The van der Waals surface area contributed by atoms with Crippen LogP contribution in [0.15, 0.2) is 109 Å². The highest BCUT2D eigenvalue weighted by Crippen LogP contribution is 2.14. The molecule has 0 fully saturated rings. The number of hydrogen-bond acceptors (Lipinski definition) is 6. The van der Waals surface area contributed by atoms with Gasteiger partial charge in [-0.3, -0.25) is 14.4 Å². The lowest BCUT2D eigenvalue weighted by atomic mass is 10.1. The highest BCUT2D eigenvalue weighted by Gasteiger charge is 2.19. The molecule has 0 heterocycles. The third kappa shape index (κ3) is 52.9. The van der Waals surface area contributed by atoms with Gasteiger partial charge in [0.05, 0.1) is 0 Å². The molecule has 380 valence electrons. The van der Waals surface area contributed by atoms with E-state index in [-0.39, 0.29) is 37.5 Å². The average Bonchev–Trinajstić information content (AvgIpc) is 3.33. The molecule has 0 saturated carbocycles. The van der Waals surface area contributed by atoms with Crippen molar-refractivity contribution in [2.24, 2.45) is 0 Å². The number of carbonyl (C=O) groups excluding carboxylic acids is 3. The van der Waals surface area contributed by atoms with Gasteiger partial charge >= 0.3 is 17.9 Å². The topological polar surface area (TPSA) is 78.9 Å². The highest BCUT2D eigenvalue weighted by atomic mass is 16.6. The fourth-order valence-corrected chi connectivity index (χ4v) is 7.28. The lowest BCUT2D eigenvalue weighted by molar-refractivity contribution is -0.167. The monoisotopic (exact) mass is 929 g/mol. The molecule has 6 nitrogen and oxygen atoms in total. The molecule has 0 aliphatic rings. The van der Waals surface area contributed by atoms with Crippen LogP contribution in [0, 0.1) is 0 Å². The Kier molecular flexibility index (Phi) is 51.5. The van der Waals surface area contributed by atoms with Gasteiger partial charge in [-0.2, -0.15) is 0 Å². The summed E-state index contributed by atoms with van der Waals surface area (Å²) < 4.78 is 16.8. The second kappa shape index (κ2) is 54.7. The Morgan fingerprint density at radius 2 is 0.597 bits per heavy atom. The quantitative estimate of drug-likeness (QED) is 0.0199. The van der Waals surface area contributed by atoms with E-state index in [1.54, 1.807) is 0 Å². The summed E-state index contributed by atoms with van der Waals surface area (Å²) >= 11 is 0. The summed E-state index contributed by atoms with van der Waals surface area (Å²) in [6.45, 7) is 6.40. The zero-order valence-electron chi connectivity index (χ0n) is 43.4. The van der Waals surface area contributed by atoms with Gasteiger partial charge in [0.25, 0.3) is 0 Å². The van der Waals surface area contributed by atoms with E-state index in [2.05, 4.69) is 69.4 Å². The number of carbonyl (C=O) groups is 3. The lowest BCUT2D eigenvalue weighted by Crippen LogP contribution is -2.30. The Balaban J connectivity index is 4.49. The molecule has 0 bridgehead atoms. The molecule has 1 atom stereocenters. The van der Waals surface area contributed by atoms with Gasteiger partial charge in [0.15, 0.2) is 6.10 Å². The van der Waals surface area contributed by atoms with Gasteiger partial charge in [-0.15, -0.1) is 0 Å². The molecule has 0 amide bonds. The Morgan fingerprint density at radius 1 is 0.313 bits per heavy atom. The van der Waals surface area contributed by atoms with E-state index in [1.807, 2.05) is 60.8 Å². The molecule has 0 spiro atoms. The summed E-state index contributed by atoms with van der Waals surface area (Å²) in [5, 5.41) is 0. The number of unbranched alkanes of at least 4 members (excludes halogenated alkanes) is 25. The molecular formula is C61H100O6. The Hall–Kier alpha value is -3.93. The Bertz CT molecular complexity index is 1390. The number of hydrogen-bond donors (Lipinski definition) is 0. The first-order valence-electron chi connectivity index (χ1n) is 27.5. The van der Waals surface area contributed by atoms with Crippen molar-refractivity contribution in [3.05, 3.63) is 109 Å². The summed E-state index contributed by atoms with van der Waals surface area (Å²) in [5.41, 5.74) is 0. The van der Waals surface area contributed by atoms with Gasteiger partial charge in [0, 0.05) is 19.3 Å². The molecule has 0 N–H and O–H groups in total. The molecule has 0 aliphatic heterocycles. The third-order valence-electron chi connectivity index (χ3n) is 11.4. The second-order valence-electron chi connectivity index (χ2n) is 17.9. The predicted octanol–water partition coefficient (Wildman–Crippen LogP) is 18.3. The summed E-state index contributed by atoms with van der Waals surface area (Å²) in [5.74, 6) is -0.970. The summed E-state index contributed by atoms with van der Waals surface area (Å²) in [4.78, 5) is 38.1. The van der Waals surface area contributed by atoms with Crippen LogP contribution in [0.1, 0.15) is 239 Å². The van der Waals surface area contributed by atoms with Crippen molar-refractivity contribution < 1.29 is 28.6 Å². The first-order valence-corrected chi connectivity index (χ1v) is 27.5. The minimum atomic E-state index is -0.811. The zero-order chi connectivity index (χ0) is 48.6.